The first-order valence-corrected chi connectivity index (χ1v) is 16.9. The van der Waals surface area contributed by atoms with Crippen LogP contribution in [-0.2, 0) is 38.1 Å². The van der Waals surface area contributed by atoms with E-state index in [9.17, 15) is 34.5 Å². The number of fused-ring (bicyclic) bond motifs is 10. The van der Waals surface area contributed by atoms with Crippen LogP contribution in [0.15, 0.2) is 11.8 Å². The Morgan fingerprint density at radius 3 is 2.33 bits per heavy atom. The van der Waals surface area contributed by atoms with Gasteiger partial charge in [-0.3, -0.25) is 14.4 Å². The van der Waals surface area contributed by atoms with Crippen molar-refractivity contribution in [2.75, 3.05) is 0 Å². The van der Waals surface area contributed by atoms with Crippen molar-refractivity contribution < 1.29 is 53.4 Å². The zero-order valence-corrected chi connectivity index (χ0v) is 27.9. The van der Waals surface area contributed by atoms with E-state index in [1.54, 1.807) is 6.92 Å². The largest absolute Gasteiger partial charge is 0.462 e. The van der Waals surface area contributed by atoms with Crippen molar-refractivity contribution >= 4 is 23.7 Å². The van der Waals surface area contributed by atoms with Gasteiger partial charge in [0.25, 0.3) is 0 Å². The molecule has 0 aromatic rings. The predicted molar refractivity (Wildman–Crippen MR) is 159 cm³/mol. The molecule has 6 fully saturated rings. The molecule has 17 atom stereocenters. The van der Waals surface area contributed by atoms with Crippen LogP contribution in [0.25, 0.3) is 0 Å². The second kappa shape index (κ2) is 9.86. The lowest BCUT2D eigenvalue weighted by atomic mass is 9.42. The number of esters is 3. The summed E-state index contributed by atoms with van der Waals surface area (Å²) < 4.78 is 24.0. The van der Waals surface area contributed by atoms with Crippen LogP contribution >= 0.6 is 0 Å². The molecular formula is C35H48O11. The number of hydrogen-bond acceptors (Lipinski definition) is 11. The molecule has 0 aromatic carbocycles. The summed E-state index contributed by atoms with van der Waals surface area (Å²) in [5.74, 6) is -5.82. The van der Waals surface area contributed by atoms with E-state index in [2.05, 4.69) is 0 Å². The van der Waals surface area contributed by atoms with Crippen molar-refractivity contribution in [3.05, 3.63) is 11.8 Å². The van der Waals surface area contributed by atoms with Crippen molar-refractivity contribution in [1.82, 2.24) is 0 Å². The zero-order chi connectivity index (χ0) is 33.6. The van der Waals surface area contributed by atoms with Gasteiger partial charge < -0.3 is 34.3 Å². The van der Waals surface area contributed by atoms with E-state index >= 15 is 0 Å². The monoisotopic (exact) mass is 644 g/mol. The highest BCUT2D eigenvalue weighted by Gasteiger charge is 2.80. The van der Waals surface area contributed by atoms with E-state index in [0.29, 0.717) is 12.2 Å². The van der Waals surface area contributed by atoms with Gasteiger partial charge in [-0.25, -0.2) is 4.79 Å². The third-order valence-corrected chi connectivity index (χ3v) is 14.1. The van der Waals surface area contributed by atoms with Gasteiger partial charge in [0, 0.05) is 47.8 Å². The molecule has 7 rings (SSSR count). The highest BCUT2D eigenvalue weighted by atomic mass is 16.6. The maximum atomic E-state index is 14.3. The Morgan fingerprint density at radius 1 is 1.02 bits per heavy atom. The number of hydrogen-bond donors (Lipinski definition) is 3. The fraction of sp³-hybridized carbons (Fsp3) is 0.829. The van der Waals surface area contributed by atoms with E-state index in [1.165, 1.54) is 13.8 Å². The van der Waals surface area contributed by atoms with Crippen LogP contribution in [0.3, 0.4) is 0 Å². The summed E-state index contributed by atoms with van der Waals surface area (Å²) in [5.41, 5.74) is -5.22. The molecule has 2 heterocycles. The minimum atomic E-state index is -1.96. The number of allylic oxidation sites excluding steroid dienone is 1. The van der Waals surface area contributed by atoms with Gasteiger partial charge >= 0.3 is 17.9 Å². The van der Waals surface area contributed by atoms with Crippen molar-refractivity contribution in [2.24, 2.45) is 63.6 Å². The SMILES string of the molecule is CC(=O)O[C@H]1C[C@H]2C([C@@H]3[C@@H](O)[C@@H]4[C@H]([C@H](C)C=C5OC(=O)[C@@](C)(O)[C@@]54C)[C@@]13C)[C@@H](O)C(=O)[C@H]1C[C@@H]3O[C@@H]3[C@H](OC(=O)CC(C)C)[C@@]12C. The first kappa shape index (κ1) is 32.2. The molecule has 5 aliphatic carbocycles. The lowest BCUT2D eigenvalue weighted by Gasteiger charge is -2.63. The van der Waals surface area contributed by atoms with Gasteiger partial charge in [0.2, 0.25) is 0 Å². The Labute approximate surface area is 269 Å². The highest BCUT2D eigenvalue weighted by Crippen LogP contribution is 2.75. The van der Waals surface area contributed by atoms with E-state index < -0.39 is 93.7 Å². The van der Waals surface area contributed by atoms with Gasteiger partial charge in [0.05, 0.1) is 17.6 Å². The van der Waals surface area contributed by atoms with E-state index in [4.69, 9.17) is 18.9 Å². The topological polar surface area (TPSA) is 169 Å². The number of epoxide rings is 1. The van der Waals surface area contributed by atoms with Crippen LogP contribution in [0.4, 0.5) is 0 Å². The van der Waals surface area contributed by atoms with Crippen LogP contribution in [0.1, 0.15) is 74.7 Å². The smallest absolute Gasteiger partial charge is 0.343 e. The summed E-state index contributed by atoms with van der Waals surface area (Å²) in [5, 5.41) is 36.3. The third kappa shape index (κ3) is 3.80. The van der Waals surface area contributed by atoms with Gasteiger partial charge in [-0.2, -0.15) is 0 Å². The number of carbonyl (C=O) groups excluding carboxylic acids is 4. The lowest BCUT2D eigenvalue weighted by molar-refractivity contribution is -0.233. The van der Waals surface area contributed by atoms with Crippen LogP contribution in [0.2, 0.25) is 0 Å². The number of carbonyl (C=O) groups is 4. The van der Waals surface area contributed by atoms with Gasteiger partial charge in [-0.15, -0.1) is 0 Å². The fourth-order valence-corrected chi connectivity index (χ4v) is 11.9. The van der Waals surface area contributed by atoms with Crippen LogP contribution < -0.4 is 0 Å². The molecule has 11 nitrogen and oxygen atoms in total. The normalized spacial score (nSPS) is 54.7. The summed E-state index contributed by atoms with van der Waals surface area (Å²) in [4.78, 5) is 53.2. The summed E-state index contributed by atoms with van der Waals surface area (Å²) >= 11 is 0. The number of aliphatic hydroxyl groups is 3. The van der Waals surface area contributed by atoms with Crippen LogP contribution in [0, 0.1) is 63.6 Å². The zero-order valence-electron chi connectivity index (χ0n) is 27.9. The van der Waals surface area contributed by atoms with Crippen LogP contribution in [0.5, 0.6) is 0 Å². The molecule has 2 aliphatic heterocycles. The van der Waals surface area contributed by atoms with Crippen molar-refractivity contribution in [2.45, 2.75) is 117 Å². The number of rotatable bonds is 4. The Morgan fingerprint density at radius 2 is 1.70 bits per heavy atom. The molecule has 1 unspecified atom stereocenters. The highest BCUT2D eigenvalue weighted by molar-refractivity contribution is 5.88. The fourth-order valence-electron chi connectivity index (χ4n) is 11.9. The molecule has 254 valence electrons. The molecule has 0 bridgehead atoms. The molecule has 7 aliphatic rings. The molecule has 2 saturated heterocycles. The van der Waals surface area contributed by atoms with Gasteiger partial charge in [0.15, 0.2) is 11.4 Å². The molecular weight excluding hydrogens is 596 g/mol. The Balaban J connectivity index is 1.39. The van der Waals surface area contributed by atoms with Gasteiger partial charge in [-0.05, 0) is 56.4 Å². The summed E-state index contributed by atoms with van der Waals surface area (Å²) in [6, 6.07) is 0. The average Bonchev–Trinajstić information content (AvgIpc) is 3.64. The number of Topliss-reactive ketones (excluding diaryl/α,β-unsaturated/α-hetero) is 1. The molecule has 11 heteroatoms. The van der Waals surface area contributed by atoms with Gasteiger partial charge in [-0.1, -0.05) is 34.6 Å². The second-order valence-corrected chi connectivity index (χ2v) is 16.7. The summed E-state index contributed by atoms with van der Waals surface area (Å²) in [6.45, 7) is 14.2. The minimum Gasteiger partial charge on any atom is -0.462 e. The first-order valence-electron chi connectivity index (χ1n) is 16.9. The van der Waals surface area contributed by atoms with Crippen molar-refractivity contribution in [3.8, 4) is 0 Å². The molecule has 0 radical (unpaired) electrons. The molecule has 46 heavy (non-hydrogen) atoms. The predicted octanol–water partition coefficient (Wildman–Crippen LogP) is 2.33. The van der Waals surface area contributed by atoms with E-state index in [-0.39, 0.29) is 48.6 Å². The van der Waals surface area contributed by atoms with Gasteiger partial charge in [0.1, 0.15) is 30.2 Å². The Kier molecular flexibility index (Phi) is 6.91. The number of aliphatic hydroxyl groups excluding tert-OH is 2. The summed E-state index contributed by atoms with van der Waals surface area (Å²) in [7, 11) is 0. The third-order valence-electron chi connectivity index (χ3n) is 14.1. The number of ether oxygens (including phenoxy) is 4. The molecule has 4 saturated carbocycles. The minimum absolute atomic E-state index is 0.0596. The standard InChI is InChI=1S/C35H48O11/c1-13(2)9-21(37)46-30-29-18(44-29)11-17-26(38)27(39)22-16(32(17,30)5)12-19(43-15(4)36)33(6)23-14(3)10-20-34(7,25(23)28(40)24(22)33)35(8,42)31(41)45-20/h10,13-14,16-19,22-25,27-30,39-40,42H,9,11-12H2,1-8H3/t14-,16+,17-,18+,19+,22?,23+,24-,25+,27-,28-,29+,30+,32-,33-,34+,35-/m1/s1. The maximum Gasteiger partial charge on any atom is 0.343 e. The molecule has 0 amide bonds. The molecule has 0 spiro atoms. The van der Waals surface area contributed by atoms with E-state index in [0.717, 1.165) is 0 Å². The Hall–Kier alpha value is -2.34. The van der Waals surface area contributed by atoms with Crippen LogP contribution in [-0.4, -0.2) is 81.2 Å². The average molecular weight is 645 g/mol. The lowest BCUT2D eigenvalue weighted by Crippen LogP contribution is -2.70. The van der Waals surface area contributed by atoms with E-state index in [1.807, 2.05) is 40.7 Å². The van der Waals surface area contributed by atoms with Crippen molar-refractivity contribution in [1.29, 1.82) is 0 Å². The Bertz CT molecular complexity index is 1420. The van der Waals surface area contributed by atoms with Crippen molar-refractivity contribution in [3.63, 3.8) is 0 Å². The maximum absolute atomic E-state index is 14.3. The molecule has 3 N–H and O–H groups in total. The summed E-state index contributed by atoms with van der Waals surface area (Å²) in [6.07, 6.45) is -2.11. The first-order chi connectivity index (χ1) is 21.3. The molecule has 0 aromatic heterocycles. The second-order valence-electron chi connectivity index (χ2n) is 16.7. The number of ketones is 1. The quantitative estimate of drug-likeness (QED) is 0.233.